The molecular weight excluding hydrogens is 304 g/mol. The first-order chi connectivity index (χ1) is 9.15. The van der Waals surface area contributed by atoms with Crippen LogP contribution in [0.1, 0.15) is 5.56 Å². The monoisotopic (exact) mass is 314 g/mol. The molecule has 0 fully saturated rings. The van der Waals surface area contributed by atoms with E-state index in [1.54, 1.807) is 12.1 Å². The zero-order valence-corrected chi connectivity index (χ0v) is 11.9. The molecule has 0 amide bonds. The number of rotatable bonds is 1. The lowest BCUT2D eigenvalue weighted by Gasteiger charge is -2.03. The fourth-order valence-corrected chi connectivity index (χ4v) is 2.40. The van der Waals surface area contributed by atoms with Gasteiger partial charge in [-0.1, -0.05) is 45.8 Å². The zero-order valence-electron chi connectivity index (χ0n) is 10.3. The van der Waals surface area contributed by atoms with Gasteiger partial charge in [-0.05, 0) is 30.7 Å². The molecule has 0 bridgehead atoms. The summed E-state index contributed by atoms with van der Waals surface area (Å²) in [6, 6.07) is 13.3. The van der Waals surface area contributed by atoms with Crippen LogP contribution in [0, 0.1) is 6.92 Å². The highest BCUT2D eigenvalue weighted by atomic mass is 79.9. The minimum absolute atomic E-state index is 0.00796. The Morgan fingerprint density at radius 2 is 1.79 bits per heavy atom. The molecular formula is C16H11BrO2. The SMILES string of the molecule is Cc1ccc(-c2coc3ccc(Br)cc3c2=O)cc1. The second-order valence-electron chi connectivity index (χ2n) is 4.49. The van der Waals surface area contributed by atoms with E-state index < -0.39 is 0 Å². The van der Waals surface area contributed by atoms with Crippen molar-refractivity contribution in [3.8, 4) is 11.1 Å². The van der Waals surface area contributed by atoms with E-state index in [-0.39, 0.29) is 5.43 Å². The Hall–Kier alpha value is -1.87. The predicted molar refractivity (Wildman–Crippen MR) is 80.4 cm³/mol. The lowest BCUT2D eigenvalue weighted by molar-refractivity contribution is 0.604. The molecule has 19 heavy (non-hydrogen) atoms. The molecule has 0 aliphatic carbocycles. The van der Waals surface area contributed by atoms with Crippen LogP contribution in [0.2, 0.25) is 0 Å². The Labute approximate surface area is 118 Å². The maximum absolute atomic E-state index is 12.5. The highest BCUT2D eigenvalue weighted by molar-refractivity contribution is 9.10. The molecule has 0 unspecified atom stereocenters. The second-order valence-corrected chi connectivity index (χ2v) is 5.40. The van der Waals surface area contributed by atoms with Gasteiger partial charge in [0.25, 0.3) is 0 Å². The van der Waals surface area contributed by atoms with Crippen molar-refractivity contribution in [3.63, 3.8) is 0 Å². The van der Waals surface area contributed by atoms with Crippen LogP contribution in [0.25, 0.3) is 22.1 Å². The largest absolute Gasteiger partial charge is 0.463 e. The van der Waals surface area contributed by atoms with E-state index in [1.807, 2.05) is 37.3 Å². The molecule has 94 valence electrons. The standard InChI is InChI=1S/C16H11BrO2/c1-10-2-4-11(5-3-10)14-9-19-15-7-6-12(17)8-13(15)16(14)18/h2-9H,1H3. The van der Waals surface area contributed by atoms with E-state index in [2.05, 4.69) is 15.9 Å². The van der Waals surface area contributed by atoms with Crippen molar-refractivity contribution in [2.24, 2.45) is 0 Å². The summed E-state index contributed by atoms with van der Waals surface area (Å²) >= 11 is 3.38. The van der Waals surface area contributed by atoms with Crippen LogP contribution in [0.4, 0.5) is 0 Å². The van der Waals surface area contributed by atoms with Crippen LogP contribution < -0.4 is 5.43 Å². The van der Waals surface area contributed by atoms with Gasteiger partial charge in [0.15, 0.2) is 0 Å². The van der Waals surface area contributed by atoms with Gasteiger partial charge < -0.3 is 4.42 Å². The van der Waals surface area contributed by atoms with Gasteiger partial charge in [-0.3, -0.25) is 4.79 Å². The maximum atomic E-state index is 12.5. The second kappa shape index (κ2) is 4.67. The number of hydrogen-bond acceptors (Lipinski definition) is 2. The molecule has 0 aliphatic heterocycles. The fourth-order valence-electron chi connectivity index (χ4n) is 2.04. The van der Waals surface area contributed by atoms with Crippen molar-refractivity contribution in [1.29, 1.82) is 0 Å². The Morgan fingerprint density at radius 1 is 1.05 bits per heavy atom. The molecule has 0 N–H and O–H groups in total. The third-order valence-electron chi connectivity index (χ3n) is 3.10. The van der Waals surface area contributed by atoms with Crippen molar-refractivity contribution in [1.82, 2.24) is 0 Å². The van der Waals surface area contributed by atoms with Crippen LogP contribution in [0.5, 0.6) is 0 Å². The summed E-state index contributed by atoms with van der Waals surface area (Å²) in [5.41, 5.74) is 3.22. The number of aryl methyl sites for hydroxylation is 1. The summed E-state index contributed by atoms with van der Waals surface area (Å²) in [5.74, 6) is 0. The molecule has 0 radical (unpaired) electrons. The minimum Gasteiger partial charge on any atom is -0.463 e. The fraction of sp³-hybridized carbons (Fsp3) is 0.0625. The Morgan fingerprint density at radius 3 is 2.53 bits per heavy atom. The third-order valence-corrected chi connectivity index (χ3v) is 3.59. The molecule has 1 heterocycles. The first-order valence-corrected chi connectivity index (χ1v) is 6.72. The topological polar surface area (TPSA) is 30.2 Å². The third kappa shape index (κ3) is 2.22. The molecule has 0 saturated heterocycles. The van der Waals surface area contributed by atoms with Gasteiger partial charge in [0.1, 0.15) is 11.8 Å². The smallest absolute Gasteiger partial charge is 0.200 e. The molecule has 0 atom stereocenters. The molecule has 2 aromatic carbocycles. The summed E-state index contributed by atoms with van der Waals surface area (Å²) in [6.07, 6.45) is 1.53. The van der Waals surface area contributed by atoms with E-state index in [0.29, 0.717) is 16.5 Å². The molecule has 0 saturated carbocycles. The first-order valence-electron chi connectivity index (χ1n) is 5.93. The van der Waals surface area contributed by atoms with E-state index in [4.69, 9.17) is 4.42 Å². The summed E-state index contributed by atoms with van der Waals surface area (Å²) < 4.78 is 6.41. The van der Waals surface area contributed by atoms with Crippen LogP contribution in [-0.4, -0.2) is 0 Å². The number of benzene rings is 2. The van der Waals surface area contributed by atoms with Crippen molar-refractivity contribution < 1.29 is 4.42 Å². The van der Waals surface area contributed by atoms with Gasteiger partial charge in [0.2, 0.25) is 5.43 Å². The number of halogens is 1. The van der Waals surface area contributed by atoms with E-state index in [9.17, 15) is 4.79 Å². The Balaban J connectivity index is 2.28. The highest BCUT2D eigenvalue weighted by Gasteiger charge is 2.09. The summed E-state index contributed by atoms with van der Waals surface area (Å²) in [6.45, 7) is 2.02. The molecule has 0 aliphatic rings. The lowest BCUT2D eigenvalue weighted by atomic mass is 10.0. The van der Waals surface area contributed by atoms with E-state index >= 15 is 0 Å². The van der Waals surface area contributed by atoms with Gasteiger partial charge in [-0.2, -0.15) is 0 Å². The van der Waals surface area contributed by atoms with Crippen LogP contribution in [-0.2, 0) is 0 Å². The van der Waals surface area contributed by atoms with Gasteiger partial charge >= 0.3 is 0 Å². The summed E-state index contributed by atoms with van der Waals surface area (Å²) in [5, 5.41) is 0.590. The zero-order chi connectivity index (χ0) is 13.4. The van der Waals surface area contributed by atoms with Crippen molar-refractivity contribution in [2.45, 2.75) is 6.92 Å². The first kappa shape index (κ1) is 12.2. The van der Waals surface area contributed by atoms with E-state index in [0.717, 1.165) is 15.6 Å². The van der Waals surface area contributed by atoms with Crippen LogP contribution in [0.15, 0.2) is 62.4 Å². The molecule has 3 heteroatoms. The summed E-state index contributed by atoms with van der Waals surface area (Å²) in [4.78, 5) is 12.5. The van der Waals surface area contributed by atoms with Gasteiger partial charge in [0.05, 0.1) is 10.9 Å². The average Bonchev–Trinajstić information content (AvgIpc) is 2.41. The highest BCUT2D eigenvalue weighted by Crippen LogP contribution is 2.22. The Kier molecular flexibility index (Phi) is 2.99. The van der Waals surface area contributed by atoms with Gasteiger partial charge in [-0.15, -0.1) is 0 Å². The van der Waals surface area contributed by atoms with Crippen molar-refractivity contribution >= 4 is 26.9 Å². The van der Waals surface area contributed by atoms with Gasteiger partial charge in [-0.25, -0.2) is 0 Å². The lowest BCUT2D eigenvalue weighted by Crippen LogP contribution is -2.04. The summed E-state index contributed by atoms with van der Waals surface area (Å²) in [7, 11) is 0. The number of fused-ring (bicyclic) bond motifs is 1. The van der Waals surface area contributed by atoms with Crippen LogP contribution in [0.3, 0.4) is 0 Å². The number of hydrogen-bond donors (Lipinski definition) is 0. The quantitative estimate of drug-likeness (QED) is 0.660. The van der Waals surface area contributed by atoms with Crippen molar-refractivity contribution in [2.75, 3.05) is 0 Å². The van der Waals surface area contributed by atoms with E-state index in [1.165, 1.54) is 6.26 Å². The molecule has 3 aromatic rings. The predicted octanol–water partition coefficient (Wildman–Crippen LogP) is 4.53. The molecule has 0 spiro atoms. The maximum Gasteiger partial charge on any atom is 0.200 e. The minimum atomic E-state index is -0.00796. The van der Waals surface area contributed by atoms with Crippen molar-refractivity contribution in [3.05, 3.63) is 69.0 Å². The molecule has 3 rings (SSSR count). The molecule has 2 nitrogen and oxygen atoms in total. The normalized spacial score (nSPS) is 10.8. The molecule has 1 aromatic heterocycles. The Bertz CT molecular complexity index is 801. The average molecular weight is 315 g/mol. The van der Waals surface area contributed by atoms with Crippen LogP contribution >= 0.6 is 15.9 Å². The van der Waals surface area contributed by atoms with Gasteiger partial charge in [0, 0.05) is 4.47 Å².